The number of imidazole rings is 1. The standard InChI is InChI=1S/C18H15ClN4/c1-2-23(17-7-6-14(12-20)18(19)11-17)16-5-3-4-15(10-16)22-9-8-21-13-22/h3-11,13H,2H2,1H3. The minimum Gasteiger partial charge on any atom is -0.342 e. The highest BCUT2D eigenvalue weighted by Gasteiger charge is 2.10. The van der Waals surface area contributed by atoms with Crippen molar-refractivity contribution < 1.29 is 0 Å². The van der Waals surface area contributed by atoms with E-state index in [0.29, 0.717) is 10.6 Å². The molecular weight excluding hydrogens is 308 g/mol. The van der Waals surface area contributed by atoms with Gasteiger partial charge in [-0.1, -0.05) is 17.7 Å². The summed E-state index contributed by atoms with van der Waals surface area (Å²) in [5, 5.41) is 9.47. The van der Waals surface area contributed by atoms with Crippen molar-refractivity contribution in [2.75, 3.05) is 11.4 Å². The smallest absolute Gasteiger partial charge is 0.101 e. The van der Waals surface area contributed by atoms with Gasteiger partial charge in [-0.05, 0) is 43.3 Å². The predicted octanol–water partition coefficient (Wildman–Crippen LogP) is 4.56. The minimum absolute atomic E-state index is 0.467. The monoisotopic (exact) mass is 322 g/mol. The number of halogens is 1. The van der Waals surface area contributed by atoms with Crippen molar-refractivity contribution in [2.24, 2.45) is 0 Å². The van der Waals surface area contributed by atoms with Crippen molar-refractivity contribution in [1.82, 2.24) is 9.55 Å². The maximum Gasteiger partial charge on any atom is 0.101 e. The van der Waals surface area contributed by atoms with Gasteiger partial charge in [0.25, 0.3) is 0 Å². The Hall–Kier alpha value is -2.77. The lowest BCUT2D eigenvalue weighted by Gasteiger charge is -2.24. The number of nitrogens with zero attached hydrogens (tertiary/aromatic N) is 4. The van der Waals surface area contributed by atoms with Gasteiger partial charge in [-0.3, -0.25) is 0 Å². The third kappa shape index (κ3) is 3.05. The van der Waals surface area contributed by atoms with Gasteiger partial charge in [0.1, 0.15) is 6.07 Å². The first-order valence-corrected chi connectivity index (χ1v) is 7.66. The maximum atomic E-state index is 9.01. The summed E-state index contributed by atoms with van der Waals surface area (Å²) in [6.07, 6.45) is 5.44. The van der Waals surface area contributed by atoms with Gasteiger partial charge in [0, 0.05) is 36.0 Å². The second kappa shape index (κ2) is 6.55. The number of nitriles is 1. The second-order valence-electron chi connectivity index (χ2n) is 5.01. The molecule has 0 fully saturated rings. The average molecular weight is 323 g/mol. The molecule has 23 heavy (non-hydrogen) atoms. The third-order valence-corrected chi connectivity index (χ3v) is 3.96. The summed E-state index contributed by atoms with van der Waals surface area (Å²) in [5.41, 5.74) is 3.54. The molecule has 0 aliphatic rings. The quantitative estimate of drug-likeness (QED) is 0.707. The van der Waals surface area contributed by atoms with Crippen molar-refractivity contribution >= 4 is 23.0 Å². The van der Waals surface area contributed by atoms with Gasteiger partial charge in [0.05, 0.1) is 16.9 Å². The Labute approximate surface area is 140 Å². The van der Waals surface area contributed by atoms with E-state index in [1.807, 2.05) is 35.0 Å². The van der Waals surface area contributed by atoms with Crippen LogP contribution in [0, 0.1) is 11.3 Å². The van der Waals surface area contributed by atoms with Crippen molar-refractivity contribution in [3.63, 3.8) is 0 Å². The van der Waals surface area contributed by atoms with Crippen LogP contribution in [0.1, 0.15) is 12.5 Å². The molecule has 3 aromatic rings. The van der Waals surface area contributed by atoms with Crippen molar-refractivity contribution in [2.45, 2.75) is 6.92 Å². The number of hydrogen-bond acceptors (Lipinski definition) is 3. The lowest BCUT2D eigenvalue weighted by molar-refractivity contribution is 1.01. The summed E-state index contributed by atoms with van der Waals surface area (Å²) in [7, 11) is 0. The number of hydrogen-bond donors (Lipinski definition) is 0. The first kappa shape index (κ1) is 15.1. The number of rotatable bonds is 4. The van der Waals surface area contributed by atoms with Crippen LogP contribution in [0.2, 0.25) is 5.02 Å². The zero-order valence-corrected chi connectivity index (χ0v) is 13.4. The molecule has 0 unspecified atom stereocenters. The van der Waals surface area contributed by atoms with E-state index in [9.17, 15) is 0 Å². The molecule has 114 valence electrons. The Morgan fingerprint density at radius 2 is 2.04 bits per heavy atom. The van der Waals surface area contributed by atoms with E-state index < -0.39 is 0 Å². The van der Waals surface area contributed by atoms with E-state index in [0.717, 1.165) is 23.6 Å². The van der Waals surface area contributed by atoms with Crippen molar-refractivity contribution in [1.29, 1.82) is 5.26 Å². The maximum absolute atomic E-state index is 9.01. The van der Waals surface area contributed by atoms with Gasteiger partial charge in [0.15, 0.2) is 0 Å². The van der Waals surface area contributed by atoms with E-state index in [-0.39, 0.29) is 0 Å². The van der Waals surface area contributed by atoms with E-state index in [4.69, 9.17) is 16.9 Å². The van der Waals surface area contributed by atoms with Crippen LogP contribution in [0.15, 0.2) is 61.2 Å². The summed E-state index contributed by atoms with van der Waals surface area (Å²) in [6, 6.07) is 15.8. The zero-order chi connectivity index (χ0) is 16.2. The number of benzene rings is 2. The Morgan fingerprint density at radius 3 is 2.70 bits per heavy atom. The Kier molecular flexibility index (Phi) is 4.31. The molecular formula is C18H15ClN4. The van der Waals surface area contributed by atoms with Crippen LogP contribution >= 0.6 is 11.6 Å². The summed E-state index contributed by atoms with van der Waals surface area (Å²) in [4.78, 5) is 6.23. The Bertz CT molecular complexity index is 850. The molecule has 1 aromatic heterocycles. The lowest BCUT2D eigenvalue weighted by Crippen LogP contribution is -2.16. The highest BCUT2D eigenvalue weighted by Crippen LogP contribution is 2.30. The fraction of sp³-hybridized carbons (Fsp3) is 0.111. The molecule has 0 aliphatic carbocycles. The molecule has 0 saturated heterocycles. The summed E-state index contributed by atoms with van der Waals surface area (Å²) >= 11 is 6.17. The van der Waals surface area contributed by atoms with Crippen molar-refractivity contribution in [3.05, 3.63) is 71.8 Å². The normalized spacial score (nSPS) is 10.3. The molecule has 0 N–H and O–H groups in total. The highest BCUT2D eigenvalue weighted by atomic mass is 35.5. The molecule has 0 saturated carbocycles. The van der Waals surface area contributed by atoms with Crippen molar-refractivity contribution in [3.8, 4) is 11.8 Å². The molecule has 1 heterocycles. The molecule has 4 nitrogen and oxygen atoms in total. The van der Waals surface area contributed by atoms with E-state index in [2.05, 4.69) is 35.0 Å². The van der Waals surface area contributed by atoms with Gasteiger partial charge in [-0.2, -0.15) is 5.26 Å². The van der Waals surface area contributed by atoms with E-state index in [1.54, 1.807) is 18.6 Å². The van der Waals surface area contributed by atoms with E-state index in [1.165, 1.54) is 0 Å². The summed E-state index contributed by atoms with van der Waals surface area (Å²) < 4.78 is 1.96. The second-order valence-corrected chi connectivity index (χ2v) is 5.42. The van der Waals surface area contributed by atoms with Gasteiger partial charge in [0.2, 0.25) is 0 Å². The van der Waals surface area contributed by atoms with Gasteiger partial charge in [-0.25, -0.2) is 4.98 Å². The molecule has 0 radical (unpaired) electrons. The summed E-state index contributed by atoms with van der Waals surface area (Å²) in [5.74, 6) is 0. The van der Waals surface area contributed by atoms with Crippen LogP contribution in [0.5, 0.6) is 0 Å². The molecule has 0 bridgehead atoms. The lowest BCUT2D eigenvalue weighted by atomic mass is 10.2. The predicted molar refractivity (Wildman–Crippen MR) is 92.4 cm³/mol. The number of anilines is 2. The van der Waals surface area contributed by atoms with E-state index >= 15 is 0 Å². The first-order valence-electron chi connectivity index (χ1n) is 7.28. The van der Waals surface area contributed by atoms with Crippen LogP contribution in [0.4, 0.5) is 11.4 Å². The van der Waals surface area contributed by atoms with Crippen LogP contribution < -0.4 is 4.90 Å². The molecule has 3 rings (SSSR count). The highest BCUT2D eigenvalue weighted by molar-refractivity contribution is 6.32. The molecule has 0 atom stereocenters. The molecule has 0 amide bonds. The fourth-order valence-corrected chi connectivity index (χ4v) is 2.73. The molecule has 5 heteroatoms. The van der Waals surface area contributed by atoms with Crippen LogP contribution in [0.25, 0.3) is 5.69 Å². The third-order valence-electron chi connectivity index (χ3n) is 3.64. The molecule has 2 aromatic carbocycles. The Balaban J connectivity index is 2.00. The van der Waals surface area contributed by atoms with Gasteiger partial charge in [-0.15, -0.1) is 0 Å². The summed E-state index contributed by atoms with van der Waals surface area (Å²) in [6.45, 7) is 2.87. The number of aromatic nitrogens is 2. The van der Waals surface area contributed by atoms with Crippen LogP contribution in [-0.2, 0) is 0 Å². The molecule has 0 spiro atoms. The first-order chi connectivity index (χ1) is 11.2. The zero-order valence-electron chi connectivity index (χ0n) is 12.6. The fourth-order valence-electron chi connectivity index (χ4n) is 2.51. The van der Waals surface area contributed by atoms with Crippen LogP contribution in [0.3, 0.4) is 0 Å². The Morgan fingerprint density at radius 1 is 1.22 bits per heavy atom. The van der Waals surface area contributed by atoms with Crippen LogP contribution in [-0.4, -0.2) is 16.1 Å². The molecule has 0 aliphatic heterocycles. The minimum atomic E-state index is 0.467. The van der Waals surface area contributed by atoms with Gasteiger partial charge >= 0.3 is 0 Å². The largest absolute Gasteiger partial charge is 0.342 e. The topological polar surface area (TPSA) is 44.9 Å². The van der Waals surface area contributed by atoms with Gasteiger partial charge < -0.3 is 9.47 Å². The SMILES string of the molecule is CCN(c1cccc(-n2ccnc2)c1)c1ccc(C#N)c(Cl)c1. The average Bonchev–Trinajstić information content (AvgIpc) is 3.11.